The quantitative estimate of drug-likeness (QED) is 0.639. The molecule has 6 nitrogen and oxygen atoms in total. The van der Waals surface area contributed by atoms with Gasteiger partial charge in [0, 0.05) is 45.8 Å². The fourth-order valence-electron chi connectivity index (χ4n) is 1.19. The molecule has 0 aromatic rings. The van der Waals surface area contributed by atoms with Crippen LogP contribution in [0.4, 0.5) is 4.20 Å². The van der Waals surface area contributed by atoms with Gasteiger partial charge in [-0.3, -0.25) is 14.4 Å². The number of hydrogen-bond donors (Lipinski definition) is 2. The van der Waals surface area contributed by atoms with E-state index in [2.05, 4.69) is 22.4 Å². The highest BCUT2D eigenvalue weighted by molar-refractivity contribution is 7.94. The first-order chi connectivity index (χ1) is 10.7. The number of likely N-dealkylation sites (N-methyl/N-ethyl adjacent to an activating group) is 1. The Morgan fingerprint density at radius 2 is 1.65 bits per heavy atom. The van der Waals surface area contributed by atoms with Gasteiger partial charge in [0.25, 0.3) is 0 Å². The van der Waals surface area contributed by atoms with Crippen molar-refractivity contribution in [1.82, 2.24) is 15.5 Å². The van der Waals surface area contributed by atoms with Crippen LogP contribution >= 0.6 is 7.67 Å². The first-order valence-electron chi connectivity index (χ1n) is 7.36. The molecular formula is C14H29FN3O3PS. The molecule has 9 heteroatoms. The van der Waals surface area contributed by atoms with E-state index in [1.165, 1.54) is 6.92 Å². The Morgan fingerprint density at radius 1 is 1.13 bits per heavy atom. The normalized spacial score (nSPS) is 9.17. The Hall–Kier alpha value is -0.980. The van der Waals surface area contributed by atoms with Crippen LogP contribution in [0.3, 0.4) is 0 Å². The van der Waals surface area contributed by atoms with Crippen LogP contribution in [0.15, 0.2) is 0 Å². The van der Waals surface area contributed by atoms with E-state index in [9.17, 15) is 18.6 Å². The Bertz CT molecular complexity index is 345. The lowest BCUT2D eigenvalue weighted by Crippen LogP contribution is -2.31. The van der Waals surface area contributed by atoms with Gasteiger partial charge in [-0.2, -0.15) is 4.20 Å². The van der Waals surface area contributed by atoms with Gasteiger partial charge >= 0.3 is 0 Å². The van der Waals surface area contributed by atoms with E-state index in [1.807, 2.05) is 32.8 Å². The van der Waals surface area contributed by atoms with E-state index < -0.39 is 7.67 Å². The van der Waals surface area contributed by atoms with Crippen molar-refractivity contribution in [2.75, 3.05) is 33.7 Å². The largest absolute Gasteiger partial charge is 0.357 e. The molecule has 0 fully saturated rings. The van der Waals surface area contributed by atoms with Crippen LogP contribution in [0.5, 0.6) is 0 Å². The highest BCUT2D eigenvalue weighted by Crippen LogP contribution is 1.94. The average molecular weight is 369 g/mol. The minimum absolute atomic E-state index is 0.0337. The number of carbonyl (C=O) groups excluding carboxylic acids is 3. The maximum absolute atomic E-state index is 11.2. The predicted octanol–water partition coefficient (Wildman–Crippen LogP) is 1.84. The molecule has 0 aliphatic carbocycles. The number of nitrogens with one attached hydrogen (secondary N) is 2. The van der Waals surface area contributed by atoms with Crippen LogP contribution in [-0.4, -0.2) is 56.2 Å². The molecule has 136 valence electrons. The molecule has 0 saturated heterocycles. The lowest BCUT2D eigenvalue weighted by molar-refractivity contribution is -0.125. The summed E-state index contributed by atoms with van der Waals surface area (Å²) in [4.78, 5) is 34.0. The number of carbonyl (C=O) groups is 3. The van der Waals surface area contributed by atoms with Gasteiger partial charge in [-0.05, 0) is 32.8 Å². The SMILES string of the molecule is CCC(=O)CCC(=O)NCCN(C)C.CCNC(C)=O.FP=S. The molecule has 0 aliphatic rings. The Morgan fingerprint density at radius 3 is 1.96 bits per heavy atom. The predicted molar refractivity (Wildman–Crippen MR) is 95.8 cm³/mol. The number of ketones is 1. The van der Waals surface area contributed by atoms with Crippen molar-refractivity contribution in [3.8, 4) is 0 Å². The zero-order valence-corrected chi connectivity index (χ0v) is 16.4. The minimum Gasteiger partial charge on any atom is -0.357 e. The third-order valence-corrected chi connectivity index (χ3v) is 2.33. The minimum atomic E-state index is -0.500. The molecule has 0 saturated carbocycles. The summed E-state index contributed by atoms with van der Waals surface area (Å²) in [5, 5.41) is 5.33. The molecule has 0 heterocycles. The van der Waals surface area contributed by atoms with Crippen molar-refractivity contribution < 1.29 is 18.6 Å². The summed E-state index contributed by atoms with van der Waals surface area (Å²) in [6, 6.07) is 0. The van der Waals surface area contributed by atoms with Crippen molar-refractivity contribution in [3.63, 3.8) is 0 Å². The molecule has 2 N–H and O–H groups in total. The lowest BCUT2D eigenvalue weighted by atomic mass is 10.2. The zero-order valence-electron chi connectivity index (χ0n) is 14.6. The molecule has 0 unspecified atom stereocenters. The monoisotopic (exact) mass is 369 g/mol. The lowest BCUT2D eigenvalue weighted by Gasteiger charge is -2.09. The van der Waals surface area contributed by atoms with Crippen LogP contribution < -0.4 is 10.6 Å². The van der Waals surface area contributed by atoms with Crippen LogP contribution in [0.2, 0.25) is 0 Å². The van der Waals surface area contributed by atoms with Crippen molar-refractivity contribution >= 4 is 37.1 Å². The van der Waals surface area contributed by atoms with Gasteiger partial charge in [-0.1, -0.05) is 6.92 Å². The molecule has 2 amide bonds. The third-order valence-electron chi connectivity index (χ3n) is 2.33. The smallest absolute Gasteiger partial charge is 0.220 e. The Labute approximate surface area is 145 Å². The van der Waals surface area contributed by atoms with Crippen LogP contribution in [0.25, 0.3) is 0 Å². The van der Waals surface area contributed by atoms with Gasteiger partial charge in [0.15, 0.2) is 7.67 Å². The van der Waals surface area contributed by atoms with E-state index in [-0.39, 0.29) is 17.6 Å². The molecule has 0 radical (unpaired) electrons. The van der Waals surface area contributed by atoms with Crippen molar-refractivity contribution in [1.29, 1.82) is 0 Å². The van der Waals surface area contributed by atoms with Gasteiger partial charge < -0.3 is 15.5 Å². The highest BCUT2D eigenvalue weighted by Gasteiger charge is 2.04. The number of Topliss-reactive ketones (excluding diaryl/α,β-unsaturated/α-hetero) is 1. The number of halogens is 1. The van der Waals surface area contributed by atoms with Gasteiger partial charge in [-0.15, -0.1) is 0 Å². The first kappa shape index (κ1) is 26.9. The second-order valence-corrected chi connectivity index (χ2v) is 5.25. The van der Waals surface area contributed by atoms with E-state index in [0.29, 0.717) is 25.8 Å². The summed E-state index contributed by atoms with van der Waals surface area (Å²) in [5.74, 6) is 0.152. The number of amides is 2. The fraction of sp³-hybridized carbons (Fsp3) is 0.786. The van der Waals surface area contributed by atoms with Crippen LogP contribution in [0.1, 0.15) is 40.0 Å². The first-order valence-corrected chi connectivity index (χ1v) is 9.16. The van der Waals surface area contributed by atoms with Crippen LogP contribution in [0, 0.1) is 0 Å². The zero-order chi connectivity index (χ0) is 18.7. The summed E-state index contributed by atoms with van der Waals surface area (Å²) < 4.78 is 10.1. The molecular weight excluding hydrogens is 340 g/mol. The number of nitrogens with zero attached hydrogens (tertiary/aromatic N) is 1. The van der Waals surface area contributed by atoms with Crippen LogP contribution in [-0.2, 0) is 26.2 Å². The van der Waals surface area contributed by atoms with Gasteiger partial charge in [0.2, 0.25) is 11.8 Å². The summed E-state index contributed by atoms with van der Waals surface area (Å²) >= 11 is 3.70. The molecule has 0 spiro atoms. The molecule has 23 heavy (non-hydrogen) atoms. The maximum Gasteiger partial charge on any atom is 0.220 e. The standard InChI is InChI=1S/C10H20N2O2.C4H9NO.FPS/c1-4-9(13)5-6-10(14)11-7-8-12(2)3;1-3-5-4(2)6;1-2-3/h4-8H2,1-3H3,(H,11,14);3H2,1-2H3,(H,5,6);. The highest BCUT2D eigenvalue weighted by atomic mass is 32.4. The molecule has 0 bridgehead atoms. The van der Waals surface area contributed by atoms with E-state index in [0.717, 1.165) is 13.1 Å². The Balaban J connectivity index is -0.000000368. The molecule has 0 rings (SSSR count). The molecule has 0 atom stereocenters. The van der Waals surface area contributed by atoms with E-state index >= 15 is 0 Å². The van der Waals surface area contributed by atoms with E-state index in [4.69, 9.17) is 0 Å². The molecule has 0 aromatic carbocycles. The van der Waals surface area contributed by atoms with Gasteiger partial charge in [-0.25, -0.2) is 0 Å². The van der Waals surface area contributed by atoms with Gasteiger partial charge in [0.1, 0.15) is 5.78 Å². The topological polar surface area (TPSA) is 78.5 Å². The maximum atomic E-state index is 11.2. The third kappa shape index (κ3) is 33.7. The fourth-order valence-corrected chi connectivity index (χ4v) is 1.19. The molecule has 0 aromatic heterocycles. The summed E-state index contributed by atoms with van der Waals surface area (Å²) in [7, 11) is 3.40. The summed E-state index contributed by atoms with van der Waals surface area (Å²) in [5.41, 5.74) is 0. The second kappa shape index (κ2) is 21.0. The molecule has 0 aliphatic heterocycles. The second-order valence-electron chi connectivity index (χ2n) is 4.70. The number of hydrogen-bond acceptors (Lipinski definition) is 5. The van der Waals surface area contributed by atoms with Gasteiger partial charge in [0.05, 0.1) is 0 Å². The Kier molecular flexibility index (Phi) is 24.6. The van der Waals surface area contributed by atoms with Crippen molar-refractivity contribution in [2.45, 2.75) is 40.0 Å². The van der Waals surface area contributed by atoms with Crippen molar-refractivity contribution in [2.24, 2.45) is 0 Å². The van der Waals surface area contributed by atoms with Crippen molar-refractivity contribution in [3.05, 3.63) is 0 Å². The summed E-state index contributed by atoms with van der Waals surface area (Å²) in [6.07, 6.45) is 1.20. The van der Waals surface area contributed by atoms with E-state index in [1.54, 1.807) is 0 Å². The number of rotatable bonds is 8. The summed E-state index contributed by atoms with van der Waals surface area (Å²) in [6.45, 7) is 7.41. The average Bonchev–Trinajstić information content (AvgIpc) is 2.45.